The quantitative estimate of drug-likeness (QED) is 0.661. The van der Waals surface area contributed by atoms with Crippen LogP contribution in [0.2, 0.25) is 0 Å². The predicted molar refractivity (Wildman–Crippen MR) is 62.8 cm³/mol. The first-order chi connectivity index (χ1) is 7.93. The van der Waals surface area contributed by atoms with Gasteiger partial charge in [0.2, 0.25) is 17.7 Å². The van der Waals surface area contributed by atoms with Crippen molar-refractivity contribution in [1.82, 2.24) is 0 Å². The highest BCUT2D eigenvalue weighted by Crippen LogP contribution is 2.14. The van der Waals surface area contributed by atoms with Crippen molar-refractivity contribution in [2.75, 3.05) is 11.2 Å². The van der Waals surface area contributed by atoms with E-state index >= 15 is 0 Å². The third-order valence-corrected chi connectivity index (χ3v) is 2.15. The van der Waals surface area contributed by atoms with Crippen LogP contribution in [0.1, 0.15) is 20.7 Å². The minimum Gasteiger partial charge on any atom is -0.366 e. The first-order valence-electron chi connectivity index (χ1n) is 4.54. The zero-order chi connectivity index (χ0) is 13.0. The molecule has 1 rings (SSSR count). The summed E-state index contributed by atoms with van der Waals surface area (Å²) < 4.78 is 0. The molecule has 7 heteroatoms. The molecule has 0 aliphatic rings. The van der Waals surface area contributed by atoms with Crippen molar-refractivity contribution in [1.29, 1.82) is 0 Å². The summed E-state index contributed by atoms with van der Waals surface area (Å²) in [4.78, 5) is 33.1. The summed E-state index contributed by atoms with van der Waals surface area (Å²) in [7, 11) is 0. The zero-order valence-corrected chi connectivity index (χ0v) is 9.45. The number of halogens is 1. The van der Waals surface area contributed by atoms with Gasteiger partial charge in [-0.1, -0.05) is 0 Å². The molecule has 0 heterocycles. The van der Waals surface area contributed by atoms with Crippen molar-refractivity contribution in [2.45, 2.75) is 0 Å². The fourth-order valence-corrected chi connectivity index (χ4v) is 1.25. The van der Waals surface area contributed by atoms with Gasteiger partial charge in [0.25, 0.3) is 0 Å². The lowest BCUT2D eigenvalue weighted by Gasteiger charge is -2.06. The minimum atomic E-state index is -0.727. The van der Waals surface area contributed by atoms with E-state index in [4.69, 9.17) is 23.1 Å². The molecule has 1 aromatic rings. The first kappa shape index (κ1) is 13.0. The van der Waals surface area contributed by atoms with E-state index in [1.165, 1.54) is 18.2 Å². The number of hydrogen-bond donors (Lipinski definition) is 3. The second kappa shape index (κ2) is 5.31. The standard InChI is InChI=1S/C10H10ClN3O3/c11-4-8(15)14-7-2-5(9(12)16)1-6(3-7)10(13)17/h1-3H,4H2,(H2,12,16)(H2,13,17)(H,14,15). The Bertz CT molecular complexity index is 455. The number of nitrogens with two attached hydrogens (primary N) is 2. The molecule has 0 aliphatic heterocycles. The topological polar surface area (TPSA) is 115 Å². The molecule has 0 fully saturated rings. The van der Waals surface area contributed by atoms with Crippen LogP contribution in [-0.4, -0.2) is 23.6 Å². The SMILES string of the molecule is NC(=O)c1cc(NC(=O)CCl)cc(C(N)=O)c1. The molecule has 0 saturated heterocycles. The Labute approximate surface area is 102 Å². The first-order valence-corrected chi connectivity index (χ1v) is 5.08. The Hall–Kier alpha value is -2.08. The van der Waals surface area contributed by atoms with Gasteiger partial charge in [-0.2, -0.15) is 0 Å². The van der Waals surface area contributed by atoms with Crippen LogP contribution in [0.25, 0.3) is 0 Å². The van der Waals surface area contributed by atoms with Crippen molar-refractivity contribution in [3.63, 3.8) is 0 Å². The maximum absolute atomic E-state index is 11.1. The lowest BCUT2D eigenvalue weighted by Crippen LogP contribution is -2.18. The van der Waals surface area contributed by atoms with Crippen LogP contribution >= 0.6 is 11.6 Å². The number of rotatable bonds is 4. The van der Waals surface area contributed by atoms with E-state index in [1.54, 1.807) is 0 Å². The molecule has 90 valence electrons. The highest BCUT2D eigenvalue weighted by atomic mass is 35.5. The number of nitrogens with one attached hydrogen (secondary N) is 1. The van der Waals surface area contributed by atoms with Crippen LogP contribution < -0.4 is 16.8 Å². The number of amides is 3. The second-order valence-electron chi connectivity index (χ2n) is 3.21. The van der Waals surface area contributed by atoms with Crippen molar-refractivity contribution >= 4 is 35.0 Å². The normalized spacial score (nSPS) is 9.71. The van der Waals surface area contributed by atoms with E-state index < -0.39 is 17.7 Å². The Morgan fingerprint density at radius 1 is 1.06 bits per heavy atom. The molecule has 0 saturated carbocycles. The predicted octanol–water partition coefficient (Wildman–Crippen LogP) is 0.0617. The molecule has 17 heavy (non-hydrogen) atoms. The van der Waals surface area contributed by atoms with Gasteiger partial charge >= 0.3 is 0 Å². The molecular formula is C10H10ClN3O3. The number of anilines is 1. The summed E-state index contributed by atoms with van der Waals surface area (Å²) in [6, 6.07) is 3.92. The van der Waals surface area contributed by atoms with Gasteiger partial charge in [0.15, 0.2) is 0 Å². The number of alkyl halides is 1. The molecular weight excluding hydrogens is 246 g/mol. The highest BCUT2D eigenvalue weighted by molar-refractivity contribution is 6.29. The number of primary amides is 2. The van der Waals surface area contributed by atoms with Crippen molar-refractivity contribution in [3.05, 3.63) is 29.3 Å². The van der Waals surface area contributed by atoms with Gasteiger partial charge in [-0.3, -0.25) is 14.4 Å². The third-order valence-electron chi connectivity index (χ3n) is 1.91. The number of carbonyl (C=O) groups excluding carboxylic acids is 3. The molecule has 3 amide bonds. The number of benzene rings is 1. The molecule has 0 aliphatic carbocycles. The summed E-state index contributed by atoms with van der Waals surface area (Å²) in [5, 5.41) is 2.40. The second-order valence-corrected chi connectivity index (χ2v) is 3.48. The summed E-state index contributed by atoms with van der Waals surface area (Å²) in [6.07, 6.45) is 0. The summed E-state index contributed by atoms with van der Waals surface area (Å²) in [5.74, 6) is -2.17. The van der Waals surface area contributed by atoms with Crippen LogP contribution in [0.3, 0.4) is 0 Å². The number of hydrogen-bond acceptors (Lipinski definition) is 3. The van der Waals surface area contributed by atoms with Crippen LogP contribution in [0.5, 0.6) is 0 Å². The van der Waals surface area contributed by atoms with Crippen molar-refractivity contribution < 1.29 is 14.4 Å². The van der Waals surface area contributed by atoms with Gasteiger partial charge < -0.3 is 16.8 Å². The van der Waals surface area contributed by atoms with Crippen LogP contribution in [0.4, 0.5) is 5.69 Å². The van der Waals surface area contributed by atoms with E-state index in [9.17, 15) is 14.4 Å². The maximum Gasteiger partial charge on any atom is 0.248 e. The van der Waals surface area contributed by atoms with Crippen molar-refractivity contribution in [3.8, 4) is 0 Å². The van der Waals surface area contributed by atoms with Crippen LogP contribution in [0.15, 0.2) is 18.2 Å². The molecule has 0 bridgehead atoms. The summed E-state index contributed by atoms with van der Waals surface area (Å²) >= 11 is 5.31. The van der Waals surface area contributed by atoms with Gasteiger partial charge in [-0.25, -0.2) is 0 Å². The fourth-order valence-electron chi connectivity index (χ4n) is 1.18. The van der Waals surface area contributed by atoms with Gasteiger partial charge in [0.1, 0.15) is 5.88 Å². The average Bonchev–Trinajstić information content (AvgIpc) is 2.28. The van der Waals surface area contributed by atoms with Gasteiger partial charge in [0, 0.05) is 16.8 Å². The zero-order valence-electron chi connectivity index (χ0n) is 8.70. The van der Waals surface area contributed by atoms with Gasteiger partial charge in [-0.15, -0.1) is 11.6 Å². The van der Waals surface area contributed by atoms with E-state index in [0.29, 0.717) is 0 Å². The Kier molecular flexibility index (Phi) is 4.06. The molecule has 0 radical (unpaired) electrons. The van der Waals surface area contributed by atoms with Crippen molar-refractivity contribution in [2.24, 2.45) is 11.5 Å². The molecule has 5 N–H and O–H groups in total. The smallest absolute Gasteiger partial charge is 0.248 e. The molecule has 1 aromatic carbocycles. The Morgan fingerprint density at radius 3 is 1.88 bits per heavy atom. The van der Waals surface area contributed by atoms with E-state index in [1.807, 2.05) is 0 Å². The van der Waals surface area contributed by atoms with E-state index in [-0.39, 0.29) is 22.7 Å². The van der Waals surface area contributed by atoms with Crippen LogP contribution in [0, 0.1) is 0 Å². The Morgan fingerprint density at radius 2 is 1.53 bits per heavy atom. The summed E-state index contributed by atoms with van der Waals surface area (Å²) in [5.41, 5.74) is 10.6. The highest BCUT2D eigenvalue weighted by Gasteiger charge is 2.10. The molecule has 0 spiro atoms. The minimum absolute atomic E-state index is 0.0752. The monoisotopic (exact) mass is 255 g/mol. The maximum atomic E-state index is 11.1. The van der Waals surface area contributed by atoms with Gasteiger partial charge in [0.05, 0.1) is 0 Å². The average molecular weight is 256 g/mol. The molecule has 0 aromatic heterocycles. The van der Waals surface area contributed by atoms with E-state index in [2.05, 4.69) is 5.32 Å². The largest absolute Gasteiger partial charge is 0.366 e. The summed E-state index contributed by atoms with van der Waals surface area (Å²) in [6.45, 7) is 0. The van der Waals surface area contributed by atoms with Gasteiger partial charge in [-0.05, 0) is 18.2 Å². The number of carbonyl (C=O) groups is 3. The molecule has 0 atom stereocenters. The fraction of sp³-hybridized carbons (Fsp3) is 0.100. The third kappa shape index (κ3) is 3.46. The lowest BCUT2D eigenvalue weighted by atomic mass is 10.1. The molecule has 6 nitrogen and oxygen atoms in total. The van der Waals surface area contributed by atoms with E-state index in [0.717, 1.165) is 0 Å². The molecule has 0 unspecified atom stereocenters. The lowest BCUT2D eigenvalue weighted by molar-refractivity contribution is -0.113. The van der Waals surface area contributed by atoms with Crippen LogP contribution in [-0.2, 0) is 4.79 Å². The Balaban J connectivity index is 3.16.